The second kappa shape index (κ2) is 3.65. The Labute approximate surface area is 87.9 Å². The third kappa shape index (κ3) is 1.89. The molecule has 2 saturated heterocycles. The van der Waals surface area contributed by atoms with E-state index in [9.17, 15) is 10.2 Å². The van der Waals surface area contributed by atoms with Gasteiger partial charge in [-0.15, -0.1) is 0 Å². The first-order valence-corrected chi connectivity index (χ1v) is 5.02. The molecule has 4 N–H and O–H groups in total. The number of aliphatic hydroxyl groups excluding tert-OH is 2. The number of ether oxygens (including phenoxy) is 3. The Bertz CT molecular complexity index is 247. The van der Waals surface area contributed by atoms with Gasteiger partial charge in [-0.1, -0.05) is 0 Å². The van der Waals surface area contributed by atoms with Crippen LogP contribution in [-0.2, 0) is 14.2 Å². The van der Waals surface area contributed by atoms with E-state index in [0.29, 0.717) is 0 Å². The van der Waals surface area contributed by atoms with Gasteiger partial charge < -0.3 is 30.2 Å². The molecule has 0 aromatic heterocycles. The van der Waals surface area contributed by atoms with E-state index < -0.39 is 36.5 Å². The molecular weight excluding hydrogens is 202 g/mol. The monoisotopic (exact) mass is 219 g/mol. The fourth-order valence-electron chi connectivity index (χ4n) is 1.97. The molecule has 5 atom stereocenters. The van der Waals surface area contributed by atoms with E-state index in [-0.39, 0.29) is 6.54 Å². The van der Waals surface area contributed by atoms with Gasteiger partial charge >= 0.3 is 0 Å². The van der Waals surface area contributed by atoms with Gasteiger partial charge in [0.05, 0.1) is 6.10 Å². The highest BCUT2D eigenvalue weighted by Gasteiger charge is 2.55. The lowest BCUT2D eigenvalue weighted by molar-refractivity contribution is -0.225. The van der Waals surface area contributed by atoms with E-state index >= 15 is 0 Å². The van der Waals surface area contributed by atoms with Crippen molar-refractivity contribution in [1.82, 2.24) is 0 Å². The first kappa shape index (κ1) is 11.3. The highest BCUT2D eigenvalue weighted by atomic mass is 16.8. The summed E-state index contributed by atoms with van der Waals surface area (Å²) in [4.78, 5) is 0. The Morgan fingerprint density at radius 2 is 2.07 bits per heavy atom. The van der Waals surface area contributed by atoms with Crippen LogP contribution in [-0.4, -0.2) is 53.3 Å². The predicted molar refractivity (Wildman–Crippen MR) is 49.8 cm³/mol. The van der Waals surface area contributed by atoms with E-state index in [0.717, 1.165) is 0 Å². The summed E-state index contributed by atoms with van der Waals surface area (Å²) in [5.74, 6) is -0.755. The molecule has 2 heterocycles. The van der Waals surface area contributed by atoms with Gasteiger partial charge in [0.15, 0.2) is 12.1 Å². The van der Waals surface area contributed by atoms with Crippen LogP contribution < -0.4 is 5.73 Å². The summed E-state index contributed by atoms with van der Waals surface area (Å²) in [5.41, 5.74) is 5.29. The van der Waals surface area contributed by atoms with Crippen LogP contribution in [0.5, 0.6) is 0 Å². The third-order valence-electron chi connectivity index (χ3n) is 2.67. The molecule has 88 valence electrons. The Morgan fingerprint density at radius 3 is 2.60 bits per heavy atom. The molecular formula is C9H17NO5. The molecule has 2 fully saturated rings. The van der Waals surface area contributed by atoms with Crippen molar-refractivity contribution in [2.24, 2.45) is 5.73 Å². The van der Waals surface area contributed by atoms with Gasteiger partial charge in [0, 0.05) is 6.54 Å². The Morgan fingerprint density at radius 1 is 1.40 bits per heavy atom. The largest absolute Gasteiger partial charge is 0.389 e. The zero-order valence-electron chi connectivity index (χ0n) is 8.79. The lowest BCUT2D eigenvalue weighted by Crippen LogP contribution is -2.43. The molecule has 5 unspecified atom stereocenters. The summed E-state index contributed by atoms with van der Waals surface area (Å²) >= 11 is 0. The van der Waals surface area contributed by atoms with Gasteiger partial charge in [0.1, 0.15) is 18.3 Å². The summed E-state index contributed by atoms with van der Waals surface area (Å²) in [6, 6.07) is 0. The molecule has 0 aromatic rings. The highest BCUT2D eigenvalue weighted by Crippen LogP contribution is 2.37. The second-order valence-electron chi connectivity index (χ2n) is 4.36. The van der Waals surface area contributed by atoms with Crippen molar-refractivity contribution in [1.29, 1.82) is 0 Å². The third-order valence-corrected chi connectivity index (χ3v) is 2.67. The standard InChI is InChI=1S/C9H17NO5/c1-9(2)14-7-5(12)6(4(11)3-10)13-8(7)15-9/h4-8,11-12H,3,10H2,1-2H3. The lowest BCUT2D eigenvalue weighted by atomic mass is 10.1. The van der Waals surface area contributed by atoms with Crippen molar-refractivity contribution in [3.05, 3.63) is 0 Å². The van der Waals surface area contributed by atoms with Crippen molar-refractivity contribution < 1.29 is 24.4 Å². The molecule has 0 radical (unpaired) electrons. The summed E-state index contributed by atoms with van der Waals surface area (Å²) in [6.45, 7) is 3.52. The van der Waals surface area contributed by atoms with Crippen LogP contribution in [0.1, 0.15) is 13.8 Å². The average molecular weight is 219 g/mol. The van der Waals surface area contributed by atoms with E-state index in [1.807, 2.05) is 0 Å². The molecule has 2 rings (SSSR count). The molecule has 0 aliphatic carbocycles. The normalized spacial score (nSPS) is 45.4. The fraction of sp³-hybridized carbons (Fsp3) is 1.00. The maximum atomic E-state index is 9.85. The smallest absolute Gasteiger partial charge is 0.190 e. The van der Waals surface area contributed by atoms with Crippen molar-refractivity contribution >= 4 is 0 Å². The molecule has 0 saturated carbocycles. The molecule has 6 heteroatoms. The molecule has 0 aromatic carbocycles. The van der Waals surface area contributed by atoms with E-state index in [1.165, 1.54) is 0 Å². The lowest BCUT2D eigenvalue weighted by Gasteiger charge is -2.25. The summed E-state index contributed by atoms with van der Waals surface area (Å²) in [5, 5.41) is 19.3. The number of rotatable bonds is 2. The summed E-state index contributed by atoms with van der Waals surface area (Å²) in [6.07, 6.45) is -3.72. The van der Waals surface area contributed by atoms with Gasteiger partial charge in [0.2, 0.25) is 0 Å². The van der Waals surface area contributed by atoms with Gasteiger partial charge in [-0.2, -0.15) is 0 Å². The molecule has 2 aliphatic rings. The number of hydrogen-bond donors (Lipinski definition) is 3. The molecule has 15 heavy (non-hydrogen) atoms. The predicted octanol–water partition coefficient (Wildman–Crippen LogP) is -1.46. The molecule has 6 nitrogen and oxygen atoms in total. The number of fused-ring (bicyclic) bond motifs is 1. The highest BCUT2D eigenvalue weighted by molar-refractivity contribution is 4.95. The maximum absolute atomic E-state index is 9.85. The van der Waals surface area contributed by atoms with Crippen molar-refractivity contribution in [3.63, 3.8) is 0 Å². The molecule has 0 amide bonds. The Kier molecular flexibility index (Phi) is 2.74. The van der Waals surface area contributed by atoms with Gasteiger partial charge in [-0.3, -0.25) is 0 Å². The van der Waals surface area contributed by atoms with E-state index in [1.54, 1.807) is 13.8 Å². The Balaban J connectivity index is 2.05. The topological polar surface area (TPSA) is 94.2 Å². The van der Waals surface area contributed by atoms with E-state index in [4.69, 9.17) is 19.9 Å². The zero-order valence-corrected chi connectivity index (χ0v) is 8.79. The minimum Gasteiger partial charge on any atom is -0.389 e. The number of nitrogens with two attached hydrogens (primary N) is 1. The van der Waals surface area contributed by atoms with Gasteiger partial charge in [0.25, 0.3) is 0 Å². The van der Waals surface area contributed by atoms with Gasteiger partial charge in [-0.25, -0.2) is 0 Å². The summed E-state index contributed by atoms with van der Waals surface area (Å²) in [7, 11) is 0. The van der Waals surface area contributed by atoms with Crippen molar-refractivity contribution in [3.8, 4) is 0 Å². The summed E-state index contributed by atoms with van der Waals surface area (Å²) < 4.78 is 16.2. The SMILES string of the molecule is CC1(C)OC2OC(C(O)CN)C(O)C2O1. The van der Waals surface area contributed by atoms with Crippen molar-refractivity contribution in [2.75, 3.05) is 6.54 Å². The Hall–Kier alpha value is -0.240. The van der Waals surface area contributed by atoms with E-state index in [2.05, 4.69) is 0 Å². The minimum absolute atomic E-state index is 0.0323. The molecule has 2 aliphatic heterocycles. The quantitative estimate of drug-likeness (QED) is 0.525. The first-order chi connectivity index (χ1) is 6.94. The average Bonchev–Trinajstić information content (AvgIpc) is 2.60. The van der Waals surface area contributed by atoms with Crippen LogP contribution in [0.2, 0.25) is 0 Å². The van der Waals surface area contributed by atoms with Gasteiger partial charge in [-0.05, 0) is 13.8 Å². The second-order valence-corrected chi connectivity index (χ2v) is 4.36. The van der Waals surface area contributed by atoms with Crippen LogP contribution in [0.3, 0.4) is 0 Å². The van der Waals surface area contributed by atoms with Crippen molar-refractivity contribution in [2.45, 2.75) is 50.3 Å². The first-order valence-electron chi connectivity index (χ1n) is 5.02. The maximum Gasteiger partial charge on any atom is 0.190 e. The zero-order chi connectivity index (χ0) is 11.2. The van der Waals surface area contributed by atoms with Crippen LogP contribution in [0.15, 0.2) is 0 Å². The fourth-order valence-corrected chi connectivity index (χ4v) is 1.97. The number of aliphatic hydroxyl groups is 2. The van der Waals surface area contributed by atoms with Crippen LogP contribution in [0.25, 0.3) is 0 Å². The van der Waals surface area contributed by atoms with Crippen LogP contribution >= 0.6 is 0 Å². The van der Waals surface area contributed by atoms with Crippen LogP contribution in [0, 0.1) is 0 Å². The molecule has 0 bridgehead atoms. The minimum atomic E-state index is -0.907. The number of hydrogen-bond acceptors (Lipinski definition) is 6. The van der Waals surface area contributed by atoms with Crippen LogP contribution in [0.4, 0.5) is 0 Å². The molecule has 0 spiro atoms.